The van der Waals surface area contributed by atoms with Crippen molar-refractivity contribution in [3.63, 3.8) is 0 Å². The zero-order valence-electron chi connectivity index (χ0n) is 8.35. The van der Waals surface area contributed by atoms with Gasteiger partial charge in [0.2, 0.25) is 0 Å². The molecule has 0 aliphatic heterocycles. The largest absolute Gasteiger partial charge is 0.488 e. The minimum atomic E-state index is -4.39. The average molecular weight is 243 g/mol. The molecule has 0 bridgehead atoms. The molecule has 0 saturated carbocycles. The summed E-state index contributed by atoms with van der Waals surface area (Å²) in [6.45, 7) is -0.0751. The van der Waals surface area contributed by atoms with Gasteiger partial charge in [-0.3, -0.25) is 10.3 Å². The second-order valence-corrected chi connectivity index (χ2v) is 3.11. The lowest BCUT2D eigenvalue weighted by Crippen LogP contribution is -2.05. The monoisotopic (exact) mass is 243 g/mol. The fourth-order valence-corrected chi connectivity index (χ4v) is 1.13. The second-order valence-electron chi connectivity index (χ2n) is 3.11. The van der Waals surface area contributed by atoms with E-state index in [0.29, 0.717) is 0 Å². The van der Waals surface area contributed by atoms with E-state index in [4.69, 9.17) is 4.74 Å². The lowest BCUT2D eigenvalue weighted by atomic mass is 10.2. The van der Waals surface area contributed by atoms with Crippen molar-refractivity contribution in [3.05, 3.63) is 35.7 Å². The number of hydrogen-bond donors (Lipinski definition) is 0. The molecule has 2 rings (SSSR count). The molecule has 1 heterocycles. The molecule has 0 aliphatic carbocycles. The summed E-state index contributed by atoms with van der Waals surface area (Å²) in [4.78, 5) is 0. The van der Waals surface area contributed by atoms with Gasteiger partial charge in [0.1, 0.15) is 12.4 Å². The van der Waals surface area contributed by atoms with Crippen LogP contribution in [-0.4, -0.2) is 15.5 Å². The lowest BCUT2D eigenvalue weighted by Gasteiger charge is -2.09. The molecule has 0 radical (unpaired) electrons. The number of rotatable bonds is 3. The quantitative estimate of drug-likeness (QED) is 0.815. The summed E-state index contributed by atoms with van der Waals surface area (Å²) in [7, 11) is 0. The molecule has 0 atom stereocenters. The van der Waals surface area contributed by atoms with E-state index in [-0.39, 0.29) is 18.2 Å². The summed E-state index contributed by atoms with van der Waals surface area (Å²) >= 11 is 0. The first kappa shape index (κ1) is 11.4. The summed E-state index contributed by atoms with van der Waals surface area (Å²) in [6, 6.07) is 4.55. The van der Waals surface area contributed by atoms with Crippen LogP contribution in [0.2, 0.25) is 0 Å². The third kappa shape index (κ3) is 2.92. The van der Waals surface area contributed by atoms with Crippen LogP contribution < -0.4 is 9.84 Å². The maximum atomic E-state index is 12.4. The van der Waals surface area contributed by atoms with Crippen LogP contribution in [-0.2, 0) is 12.8 Å². The first-order chi connectivity index (χ1) is 8.05. The highest BCUT2D eigenvalue weighted by atomic mass is 19.4. The maximum Gasteiger partial charge on any atom is 0.416 e. The van der Waals surface area contributed by atoms with Crippen LogP contribution in [0.5, 0.6) is 5.75 Å². The number of halogens is 3. The van der Waals surface area contributed by atoms with Crippen molar-refractivity contribution in [1.29, 1.82) is 0 Å². The third-order valence-corrected chi connectivity index (χ3v) is 1.89. The van der Waals surface area contributed by atoms with Crippen molar-refractivity contribution >= 4 is 0 Å². The predicted molar refractivity (Wildman–Crippen MR) is 48.9 cm³/mol. The van der Waals surface area contributed by atoms with Crippen molar-refractivity contribution < 1.29 is 17.9 Å². The van der Waals surface area contributed by atoms with Gasteiger partial charge in [0, 0.05) is 5.82 Å². The Morgan fingerprint density at radius 2 is 2.12 bits per heavy atom. The molecule has 5 nitrogen and oxygen atoms in total. The van der Waals surface area contributed by atoms with Gasteiger partial charge >= 0.3 is 6.18 Å². The summed E-state index contributed by atoms with van der Waals surface area (Å²) in [6.07, 6.45) is -4.39. The fourth-order valence-electron chi connectivity index (χ4n) is 1.13. The number of hydrogen-bond acceptors (Lipinski definition) is 4. The SMILES string of the molecule is FC(F)(F)c1cccc(OCc2nnn[n-]2)c1. The van der Waals surface area contributed by atoms with Crippen LogP contribution in [0.25, 0.3) is 0 Å². The molecule has 17 heavy (non-hydrogen) atoms. The van der Waals surface area contributed by atoms with E-state index >= 15 is 0 Å². The third-order valence-electron chi connectivity index (χ3n) is 1.89. The zero-order chi connectivity index (χ0) is 12.3. The van der Waals surface area contributed by atoms with Crippen LogP contribution in [0, 0.1) is 0 Å². The van der Waals surface area contributed by atoms with Gasteiger partial charge in [-0.25, -0.2) is 0 Å². The molecule has 1 aromatic carbocycles. The topological polar surface area (TPSA) is 62.0 Å². The van der Waals surface area contributed by atoms with Gasteiger partial charge in [-0.2, -0.15) is 18.4 Å². The Labute approximate surface area is 93.6 Å². The van der Waals surface area contributed by atoms with Crippen molar-refractivity contribution in [2.45, 2.75) is 12.8 Å². The number of nitrogens with zero attached hydrogens (tertiary/aromatic N) is 4. The van der Waals surface area contributed by atoms with Gasteiger partial charge in [-0.05, 0) is 18.2 Å². The van der Waals surface area contributed by atoms with Gasteiger partial charge in [0.15, 0.2) is 0 Å². The van der Waals surface area contributed by atoms with Crippen LogP contribution in [0.15, 0.2) is 24.3 Å². The Balaban J connectivity index is 2.07. The summed E-state index contributed by atoms with van der Waals surface area (Å²) in [5, 5.41) is 13.4. The van der Waals surface area contributed by atoms with Gasteiger partial charge in [0.05, 0.1) is 5.56 Å². The first-order valence-electron chi connectivity index (χ1n) is 4.53. The van der Waals surface area contributed by atoms with Crippen molar-refractivity contribution in [2.24, 2.45) is 0 Å². The highest BCUT2D eigenvalue weighted by Gasteiger charge is 2.30. The number of alkyl halides is 3. The smallest absolute Gasteiger partial charge is 0.416 e. The average Bonchev–Trinajstić information content (AvgIpc) is 2.78. The molecule has 0 amide bonds. The number of benzene rings is 1. The molecular weight excluding hydrogens is 237 g/mol. The van der Waals surface area contributed by atoms with E-state index in [1.54, 1.807) is 0 Å². The van der Waals surface area contributed by atoms with Crippen LogP contribution in [0.1, 0.15) is 11.4 Å². The Hall–Kier alpha value is -2.12. The Bertz CT molecular complexity index is 483. The Morgan fingerprint density at radius 1 is 1.29 bits per heavy atom. The molecule has 90 valence electrons. The van der Waals surface area contributed by atoms with Crippen LogP contribution >= 0.6 is 0 Å². The van der Waals surface area contributed by atoms with E-state index in [9.17, 15) is 13.2 Å². The molecule has 0 unspecified atom stereocenters. The summed E-state index contributed by atoms with van der Waals surface area (Å²) < 4.78 is 42.2. The summed E-state index contributed by atoms with van der Waals surface area (Å²) in [5.41, 5.74) is -0.769. The van der Waals surface area contributed by atoms with Crippen molar-refractivity contribution in [2.75, 3.05) is 0 Å². The molecule has 8 heteroatoms. The molecule has 0 saturated heterocycles. The molecule has 0 fully saturated rings. The van der Waals surface area contributed by atoms with Gasteiger partial charge < -0.3 is 9.84 Å². The number of ether oxygens (including phenoxy) is 1. The van der Waals surface area contributed by atoms with Crippen LogP contribution in [0.3, 0.4) is 0 Å². The molecule has 1 aromatic heterocycles. The van der Waals surface area contributed by atoms with E-state index in [1.165, 1.54) is 12.1 Å². The van der Waals surface area contributed by atoms with E-state index in [1.807, 2.05) is 0 Å². The highest BCUT2D eigenvalue weighted by molar-refractivity contribution is 5.30. The van der Waals surface area contributed by atoms with Crippen LogP contribution in [0.4, 0.5) is 13.2 Å². The minimum Gasteiger partial charge on any atom is -0.488 e. The van der Waals surface area contributed by atoms with Gasteiger partial charge in [-0.15, -0.1) is 0 Å². The number of aromatic nitrogens is 4. The van der Waals surface area contributed by atoms with E-state index in [2.05, 4.69) is 20.6 Å². The zero-order valence-corrected chi connectivity index (χ0v) is 8.35. The standard InChI is InChI=1S/C9H6F3N4O/c10-9(11,12)6-2-1-3-7(4-6)17-5-8-13-15-16-14-8/h1-4H,5H2/q-1. The second kappa shape index (κ2) is 4.40. The maximum absolute atomic E-state index is 12.4. The normalized spacial score (nSPS) is 11.5. The summed E-state index contributed by atoms with van der Waals surface area (Å²) in [5.74, 6) is 0.298. The molecule has 2 aromatic rings. The molecular formula is C9H6F3N4O-. The Morgan fingerprint density at radius 3 is 2.76 bits per heavy atom. The molecule has 0 aliphatic rings. The van der Waals surface area contributed by atoms with Gasteiger partial charge in [0.25, 0.3) is 0 Å². The number of tetrazole rings is 1. The first-order valence-corrected chi connectivity index (χ1v) is 4.53. The molecule has 0 N–H and O–H groups in total. The lowest BCUT2D eigenvalue weighted by molar-refractivity contribution is -0.137. The molecule has 0 spiro atoms. The minimum absolute atomic E-state index is 0.0751. The van der Waals surface area contributed by atoms with E-state index in [0.717, 1.165) is 12.1 Å². The van der Waals surface area contributed by atoms with E-state index < -0.39 is 11.7 Å². The predicted octanol–water partition coefficient (Wildman–Crippen LogP) is 1.43. The highest BCUT2D eigenvalue weighted by Crippen LogP contribution is 2.31. The van der Waals surface area contributed by atoms with Crippen molar-refractivity contribution in [3.8, 4) is 5.75 Å². The van der Waals surface area contributed by atoms with Crippen molar-refractivity contribution in [1.82, 2.24) is 20.6 Å². The van der Waals surface area contributed by atoms with Gasteiger partial charge in [-0.1, -0.05) is 6.07 Å². The Kier molecular flexibility index (Phi) is 2.94. The fraction of sp³-hybridized carbons (Fsp3) is 0.222.